The van der Waals surface area contributed by atoms with Crippen molar-refractivity contribution in [3.05, 3.63) is 28.2 Å². The van der Waals surface area contributed by atoms with Crippen LogP contribution in [0.1, 0.15) is 32.6 Å². The zero-order valence-electron chi connectivity index (χ0n) is 8.93. The largest absolute Gasteiger partial charge is 0.492 e. The molecule has 0 amide bonds. The van der Waals surface area contributed by atoms with Crippen molar-refractivity contribution in [3.8, 4) is 5.75 Å². The highest BCUT2D eigenvalue weighted by molar-refractivity contribution is 6.42. The fourth-order valence-electron chi connectivity index (χ4n) is 1.31. The molecule has 0 heterocycles. The molecule has 3 heteroatoms. The van der Waals surface area contributed by atoms with Crippen LogP contribution in [0.25, 0.3) is 0 Å². The normalized spacial score (nSPS) is 10.3. The van der Waals surface area contributed by atoms with Gasteiger partial charge >= 0.3 is 0 Å². The Kier molecular flexibility index (Phi) is 5.89. The third kappa shape index (κ3) is 4.31. The molecule has 0 unspecified atom stereocenters. The standard InChI is InChI=1S/C12H16Cl2O/c1-2-3-4-5-9-15-11-8-6-7-10(13)12(11)14/h6-8H,2-5,9H2,1H3. The second-order valence-corrected chi connectivity index (χ2v) is 4.25. The van der Waals surface area contributed by atoms with Crippen molar-refractivity contribution in [1.29, 1.82) is 0 Å². The quantitative estimate of drug-likeness (QED) is 0.646. The van der Waals surface area contributed by atoms with Gasteiger partial charge in [0.25, 0.3) is 0 Å². The van der Waals surface area contributed by atoms with Crippen LogP contribution >= 0.6 is 23.2 Å². The molecule has 1 aromatic carbocycles. The van der Waals surface area contributed by atoms with Crippen LogP contribution in [-0.2, 0) is 0 Å². The summed E-state index contributed by atoms with van der Waals surface area (Å²) in [6.07, 6.45) is 4.76. The van der Waals surface area contributed by atoms with Crippen molar-refractivity contribution in [2.24, 2.45) is 0 Å². The van der Waals surface area contributed by atoms with E-state index in [1.165, 1.54) is 19.3 Å². The molecule has 84 valence electrons. The minimum Gasteiger partial charge on any atom is -0.492 e. The third-order valence-corrected chi connectivity index (χ3v) is 2.97. The van der Waals surface area contributed by atoms with E-state index in [0.29, 0.717) is 22.4 Å². The molecule has 0 N–H and O–H groups in total. The van der Waals surface area contributed by atoms with Gasteiger partial charge in [0, 0.05) is 0 Å². The van der Waals surface area contributed by atoms with Crippen molar-refractivity contribution in [2.45, 2.75) is 32.6 Å². The van der Waals surface area contributed by atoms with Crippen LogP contribution in [0.3, 0.4) is 0 Å². The first-order valence-corrected chi connectivity index (χ1v) is 6.08. The van der Waals surface area contributed by atoms with Crippen LogP contribution in [0.5, 0.6) is 5.75 Å². The average Bonchev–Trinajstić information content (AvgIpc) is 2.24. The van der Waals surface area contributed by atoms with Crippen molar-refractivity contribution < 1.29 is 4.74 Å². The molecule has 0 aliphatic heterocycles. The lowest BCUT2D eigenvalue weighted by Gasteiger charge is -2.08. The smallest absolute Gasteiger partial charge is 0.139 e. The van der Waals surface area contributed by atoms with Crippen LogP contribution in [0.2, 0.25) is 10.0 Å². The molecule has 0 saturated carbocycles. The van der Waals surface area contributed by atoms with E-state index >= 15 is 0 Å². The molecule has 1 rings (SSSR count). The van der Waals surface area contributed by atoms with Gasteiger partial charge in [0.05, 0.1) is 11.6 Å². The van der Waals surface area contributed by atoms with Crippen molar-refractivity contribution in [2.75, 3.05) is 6.61 Å². The maximum atomic E-state index is 5.98. The highest BCUT2D eigenvalue weighted by atomic mass is 35.5. The number of benzene rings is 1. The summed E-state index contributed by atoms with van der Waals surface area (Å²) in [6, 6.07) is 5.44. The molecular formula is C12H16Cl2O. The Balaban J connectivity index is 2.34. The SMILES string of the molecule is CCCCCCOc1cccc(Cl)c1Cl. The summed E-state index contributed by atoms with van der Waals surface area (Å²) >= 11 is 11.8. The van der Waals surface area contributed by atoms with Gasteiger partial charge in [-0.25, -0.2) is 0 Å². The number of rotatable bonds is 6. The predicted octanol–water partition coefficient (Wildman–Crippen LogP) is 4.95. The second kappa shape index (κ2) is 6.97. The van der Waals surface area contributed by atoms with Crippen LogP contribution in [-0.4, -0.2) is 6.61 Å². The predicted molar refractivity (Wildman–Crippen MR) is 66.1 cm³/mol. The Morgan fingerprint density at radius 2 is 1.93 bits per heavy atom. The van der Waals surface area contributed by atoms with Gasteiger partial charge < -0.3 is 4.74 Å². The first-order chi connectivity index (χ1) is 7.25. The van der Waals surface area contributed by atoms with E-state index in [1.54, 1.807) is 6.07 Å². The van der Waals surface area contributed by atoms with Gasteiger partial charge in [-0.2, -0.15) is 0 Å². The number of hydrogen-bond donors (Lipinski definition) is 0. The first kappa shape index (κ1) is 12.7. The van der Waals surface area contributed by atoms with Crippen molar-refractivity contribution in [1.82, 2.24) is 0 Å². The highest BCUT2D eigenvalue weighted by Gasteiger charge is 2.04. The van der Waals surface area contributed by atoms with Crippen LogP contribution in [0, 0.1) is 0 Å². The van der Waals surface area contributed by atoms with E-state index in [2.05, 4.69) is 6.92 Å². The molecule has 0 radical (unpaired) electrons. The lowest BCUT2D eigenvalue weighted by atomic mass is 10.2. The third-order valence-electron chi connectivity index (χ3n) is 2.17. The number of hydrogen-bond acceptors (Lipinski definition) is 1. The second-order valence-electron chi connectivity index (χ2n) is 3.46. The summed E-state index contributed by atoms with van der Waals surface area (Å²) in [7, 11) is 0. The molecule has 0 aromatic heterocycles. The minimum atomic E-state index is 0.509. The highest BCUT2D eigenvalue weighted by Crippen LogP contribution is 2.31. The Bertz CT molecular complexity index is 300. The van der Waals surface area contributed by atoms with E-state index < -0.39 is 0 Å². The van der Waals surface area contributed by atoms with Crippen LogP contribution in [0.4, 0.5) is 0 Å². The monoisotopic (exact) mass is 246 g/mol. The lowest BCUT2D eigenvalue weighted by Crippen LogP contribution is -1.97. The zero-order valence-corrected chi connectivity index (χ0v) is 10.4. The summed E-state index contributed by atoms with van der Waals surface area (Å²) in [5.41, 5.74) is 0. The molecule has 1 nitrogen and oxygen atoms in total. The van der Waals surface area contributed by atoms with E-state index in [9.17, 15) is 0 Å². The van der Waals surface area contributed by atoms with Gasteiger partial charge in [0.15, 0.2) is 0 Å². The van der Waals surface area contributed by atoms with Gasteiger partial charge in [0.1, 0.15) is 10.8 Å². The van der Waals surface area contributed by atoms with Crippen LogP contribution < -0.4 is 4.74 Å². The number of ether oxygens (including phenoxy) is 1. The Hall–Kier alpha value is -0.400. The fourth-order valence-corrected chi connectivity index (χ4v) is 1.65. The van der Waals surface area contributed by atoms with Crippen LogP contribution in [0.15, 0.2) is 18.2 Å². The van der Waals surface area contributed by atoms with E-state index in [-0.39, 0.29) is 0 Å². The van der Waals surface area contributed by atoms with Gasteiger partial charge in [-0.05, 0) is 18.6 Å². The summed E-state index contributed by atoms with van der Waals surface area (Å²) in [5.74, 6) is 0.681. The van der Waals surface area contributed by atoms with E-state index in [1.807, 2.05) is 12.1 Å². The molecule has 0 spiro atoms. The summed E-state index contributed by atoms with van der Waals surface area (Å²) in [5, 5.41) is 1.05. The molecule has 0 atom stereocenters. The van der Waals surface area contributed by atoms with E-state index in [0.717, 1.165) is 6.42 Å². The molecule has 0 fully saturated rings. The molecule has 0 bridgehead atoms. The summed E-state index contributed by atoms with van der Waals surface area (Å²) < 4.78 is 5.55. The molecular weight excluding hydrogens is 231 g/mol. The summed E-state index contributed by atoms with van der Waals surface area (Å²) in [6.45, 7) is 2.90. The van der Waals surface area contributed by atoms with E-state index in [4.69, 9.17) is 27.9 Å². The van der Waals surface area contributed by atoms with Crippen molar-refractivity contribution in [3.63, 3.8) is 0 Å². The van der Waals surface area contributed by atoms with Gasteiger partial charge in [0.2, 0.25) is 0 Å². The van der Waals surface area contributed by atoms with Gasteiger partial charge in [-0.3, -0.25) is 0 Å². The van der Waals surface area contributed by atoms with Gasteiger partial charge in [-0.15, -0.1) is 0 Å². The molecule has 15 heavy (non-hydrogen) atoms. The number of unbranched alkanes of at least 4 members (excludes halogenated alkanes) is 3. The topological polar surface area (TPSA) is 9.23 Å². The molecule has 0 aliphatic rings. The zero-order chi connectivity index (χ0) is 11.1. The fraction of sp³-hybridized carbons (Fsp3) is 0.500. The molecule has 0 saturated heterocycles. The van der Waals surface area contributed by atoms with Crippen molar-refractivity contribution >= 4 is 23.2 Å². The maximum absolute atomic E-state index is 5.98. The molecule has 0 aliphatic carbocycles. The lowest BCUT2D eigenvalue weighted by molar-refractivity contribution is 0.305. The molecule has 1 aromatic rings. The Morgan fingerprint density at radius 3 is 2.67 bits per heavy atom. The Morgan fingerprint density at radius 1 is 1.13 bits per heavy atom. The van der Waals surface area contributed by atoms with Gasteiger partial charge in [-0.1, -0.05) is 55.5 Å². The maximum Gasteiger partial charge on any atom is 0.139 e. The Labute approximate surface area is 101 Å². The number of halogens is 2. The summed E-state index contributed by atoms with van der Waals surface area (Å²) in [4.78, 5) is 0. The minimum absolute atomic E-state index is 0.509. The average molecular weight is 247 g/mol. The first-order valence-electron chi connectivity index (χ1n) is 5.32.